The van der Waals surface area contributed by atoms with Gasteiger partial charge in [0.1, 0.15) is 12.2 Å². The molecule has 0 aliphatic carbocycles. The third-order valence-corrected chi connectivity index (χ3v) is 9.39. The van der Waals surface area contributed by atoms with Crippen LogP contribution >= 0.6 is 7.82 Å². The number of nitrogens with one attached hydrogen (secondary N) is 1. The predicted molar refractivity (Wildman–Crippen MR) is 190 cm³/mol. The topological polar surface area (TPSA) is 341 Å². The van der Waals surface area contributed by atoms with E-state index in [1.54, 1.807) is 6.08 Å². The molecule has 55 heavy (non-hydrogen) atoms. The Morgan fingerprint density at radius 1 is 0.909 bits per heavy atom. The van der Waals surface area contributed by atoms with Crippen LogP contribution < -0.4 is 22.5 Å². The molecule has 0 bridgehead atoms. The maximum Gasteiger partial charge on any atom is 0.474 e. The zero-order valence-electron chi connectivity index (χ0n) is 31.3. The van der Waals surface area contributed by atoms with Gasteiger partial charge in [-0.15, -0.1) is 0 Å². The first-order chi connectivity index (χ1) is 25.7. The Hall–Kier alpha value is -3.31. The lowest BCUT2D eigenvalue weighted by molar-refractivity contribution is -0.331. The van der Waals surface area contributed by atoms with Crippen LogP contribution in [0.15, 0.2) is 34.9 Å². The molecule has 0 aromatic carbocycles. The molecular formula is C33H55N4O17P. The van der Waals surface area contributed by atoms with Crippen LogP contribution in [-0.4, -0.2) is 136 Å². The van der Waals surface area contributed by atoms with Crippen LogP contribution in [0.5, 0.6) is 0 Å². The number of aliphatic hydroxyl groups is 3. The number of amides is 3. The Kier molecular flexibility index (Phi) is 19.5. The van der Waals surface area contributed by atoms with Crippen molar-refractivity contribution in [3.05, 3.63) is 34.9 Å². The molecule has 0 radical (unpaired) electrons. The summed E-state index contributed by atoms with van der Waals surface area (Å²) in [5.74, 6) is -3.62. The second-order valence-corrected chi connectivity index (χ2v) is 14.7. The highest BCUT2D eigenvalue weighted by Crippen LogP contribution is 2.47. The normalized spacial score (nSPS) is 30.4. The number of carbonyl (C=O) groups excluding carboxylic acids is 3. The van der Waals surface area contributed by atoms with E-state index in [1.807, 2.05) is 27.7 Å². The van der Waals surface area contributed by atoms with Crippen LogP contribution in [0.3, 0.4) is 0 Å². The van der Waals surface area contributed by atoms with Crippen molar-refractivity contribution in [1.29, 1.82) is 0 Å². The molecule has 0 saturated carbocycles. The largest absolute Gasteiger partial charge is 0.479 e. The molecule has 12 N–H and O–H groups in total. The van der Waals surface area contributed by atoms with Gasteiger partial charge in [0.15, 0.2) is 37.0 Å². The Labute approximate surface area is 318 Å². The Morgan fingerprint density at radius 3 is 2.07 bits per heavy atom. The summed E-state index contributed by atoms with van der Waals surface area (Å²) in [5, 5.41) is 43.2. The van der Waals surface area contributed by atoms with E-state index >= 15 is 0 Å². The van der Waals surface area contributed by atoms with E-state index in [4.69, 9.17) is 49.9 Å². The van der Waals surface area contributed by atoms with E-state index < -0.39 is 112 Å². The molecule has 21 nitrogen and oxygen atoms in total. The van der Waals surface area contributed by atoms with Gasteiger partial charge in [0.2, 0.25) is 11.8 Å². The van der Waals surface area contributed by atoms with Crippen molar-refractivity contribution < 1.29 is 81.8 Å². The molecule has 2 saturated heterocycles. The van der Waals surface area contributed by atoms with Gasteiger partial charge in [-0.2, -0.15) is 0 Å². The van der Waals surface area contributed by atoms with Gasteiger partial charge in [-0.05, 0) is 53.4 Å². The maximum atomic E-state index is 13.2. The van der Waals surface area contributed by atoms with E-state index in [1.165, 1.54) is 11.1 Å². The predicted octanol–water partition coefficient (Wildman–Crippen LogP) is -0.661. The highest BCUT2D eigenvalue weighted by atomic mass is 31.2. The van der Waals surface area contributed by atoms with E-state index in [-0.39, 0.29) is 6.61 Å². The third-order valence-electron chi connectivity index (χ3n) is 8.44. The van der Waals surface area contributed by atoms with Crippen LogP contribution in [0, 0.1) is 0 Å². The number of rotatable bonds is 21. The summed E-state index contributed by atoms with van der Waals surface area (Å²) in [5.41, 5.74) is 20.0. The number of aliphatic hydroxyl groups excluding tert-OH is 3. The number of phosphoric acid groups is 1. The molecule has 2 aliphatic heterocycles. The minimum Gasteiger partial charge on any atom is -0.479 e. The second-order valence-electron chi connectivity index (χ2n) is 13.3. The SMILES string of the molecule is CC(=O)NC1[C@H](O[C@@H]2C(OP(=O)(O)OCC(OCC=C(C)CCC=C(C)CCC=C(C)C)C(=O)O)OC(C(N)=O)C(O)[C@@H]2OC(N)=O)OC(CO)[C@@H](O)[C@@H]1N. The number of aliphatic carboxylic acids is 1. The Morgan fingerprint density at radius 2 is 1.53 bits per heavy atom. The van der Waals surface area contributed by atoms with Crippen LogP contribution in [0.2, 0.25) is 0 Å². The highest BCUT2D eigenvalue weighted by Gasteiger charge is 2.55. The molecule has 0 spiro atoms. The van der Waals surface area contributed by atoms with Crippen LogP contribution in [-0.2, 0) is 51.7 Å². The molecule has 314 valence electrons. The van der Waals surface area contributed by atoms with E-state index in [2.05, 4.69) is 17.5 Å². The summed E-state index contributed by atoms with van der Waals surface area (Å²) in [7, 11) is -5.44. The first kappa shape index (κ1) is 47.8. The summed E-state index contributed by atoms with van der Waals surface area (Å²) in [6, 6.07) is -2.79. The first-order valence-electron chi connectivity index (χ1n) is 17.3. The first-order valence-corrected chi connectivity index (χ1v) is 18.8. The molecule has 3 amide bonds. The van der Waals surface area contributed by atoms with Crippen LogP contribution in [0.4, 0.5) is 4.79 Å². The summed E-state index contributed by atoms with van der Waals surface area (Å²) < 4.78 is 50.3. The average molecular weight is 811 g/mol. The lowest BCUT2D eigenvalue weighted by atomic mass is 9.94. The van der Waals surface area contributed by atoms with Gasteiger partial charge in [-0.25, -0.2) is 14.2 Å². The van der Waals surface area contributed by atoms with Crippen molar-refractivity contribution in [2.75, 3.05) is 19.8 Å². The Balaban J connectivity index is 2.25. The van der Waals surface area contributed by atoms with Gasteiger partial charge >= 0.3 is 19.9 Å². The number of ether oxygens (including phenoxy) is 5. The van der Waals surface area contributed by atoms with Crippen molar-refractivity contribution in [2.45, 2.75) is 128 Å². The Bertz CT molecular complexity index is 1460. The van der Waals surface area contributed by atoms with Crippen molar-refractivity contribution in [2.24, 2.45) is 17.2 Å². The lowest BCUT2D eigenvalue weighted by Crippen LogP contribution is -2.70. The number of carboxylic acid groups (broad SMARTS) is 1. The monoisotopic (exact) mass is 810 g/mol. The van der Waals surface area contributed by atoms with E-state index in [9.17, 15) is 49.1 Å². The molecular weight excluding hydrogens is 755 g/mol. The molecule has 2 heterocycles. The van der Waals surface area contributed by atoms with Gasteiger partial charge in [0, 0.05) is 6.92 Å². The maximum absolute atomic E-state index is 13.2. The highest BCUT2D eigenvalue weighted by molar-refractivity contribution is 7.47. The molecule has 2 rings (SSSR count). The fraction of sp³-hybridized carbons (Fsp3) is 0.697. The number of carboxylic acids is 1. The molecule has 0 aromatic heterocycles. The number of allylic oxidation sites excluding steroid dienone is 5. The van der Waals surface area contributed by atoms with Gasteiger partial charge in [0.05, 0.1) is 38.0 Å². The quantitative estimate of drug-likeness (QED) is 0.0513. The molecule has 0 aromatic rings. The summed E-state index contributed by atoms with van der Waals surface area (Å²) in [6.45, 7) is 7.00. The van der Waals surface area contributed by atoms with Gasteiger partial charge in [0.25, 0.3) is 0 Å². The summed E-state index contributed by atoms with van der Waals surface area (Å²) in [6.07, 6.45) is -9.56. The zero-order valence-corrected chi connectivity index (χ0v) is 32.2. The fourth-order valence-corrected chi connectivity index (χ4v) is 6.33. The molecule has 12 atom stereocenters. The van der Waals surface area contributed by atoms with Crippen molar-refractivity contribution in [1.82, 2.24) is 5.32 Å². The number of phosphoric ester groups is 1. The average Bonchev–Trinajstić information content (AvgIpc) is 3.07. The van der Waals surface area contributed by atoms with Crippen LogP contribution in [0.25, 0.3) is 0 Å². The van der Waals surface area contributed by atoms with Crippen molar-refractivity contribution >= 4 is 31.7 Å². The smallest absolute Gasteiger partial charge is 0.474 e. The number of nitrogens with two attached hydrogens (primary N) is 3. The standard InChI is InChI=1S/C33H55N4O17P/c1-16(2)8-6-9-17(3)10-7-11-18(4)12-13-48-21(30(43)44)15-49-55(46,47)54-32-28(26(53-33(36)45)25(41)27(51-32)29(35)42)52-31-23(37-19(5)39)22(34)24(40)20(14-38)50-31/h8,10,12,20-28,31-32,38,40-41H,6-7,9,11,13-15,34H2,1-5H3,(H2,35,42)(H2,36,45)(H,37,39)(H,43,44)(H,46,47)/t20?,21?,22-,23?,24-,25?,26+,27?,28+,31+,32?/m1/s1. The summed E-state index contributed by atoms with van der Waals surface area (Å²) >= 11 is 0. The number of primary amides is 2. The lowest BCUT2D eigenvalue weighted by Gasteiger charge is -2.47. The number of hydrogen-bond donors (Lipinski definition) is 9. The van der Waals surface area contributed by atoms with E-state index in [0.29, 0.717) is 6.42 Å². The zero-order chi connectivity index (χ0) is 41.6. The minimum absolute atomic E-state index is 0.194. The number of hydrogen-bond acceptors (Lipinski definition) is 16. The molecule has 7 unspecified atom stereocenters. The fourth-order valence-electron chi connectivity index (χ4n) is 5.52. The van der Waals surface area contributed by atoms with Crippen molar-refractivity contribution in [3.63, 3.8) is 0 Å². The minimum atomic E-state index is -5.44. The van der Waals surface area contributed by atoms with Gasteiger partial charge in [-0.3, -0.25) is 18.6 Å². The van der Waals surface area contributed by atoms with Crippen LogP contribution in [0.1, 0.15) is 60.3 Å². The van der Waals surface area contributed by atoms with Crippen molar-refractivity contribution in [3.8, 4) is 0 Å². The third kappa shape index (κ3) is 15.6. The molecule has 2 fully saturated rings. The second kappa shape index (κ2) is 22.4. The molecule has 2 aliphatic rings. The van der Waals surface area contributed by atoms with Gasteiger partial charge < -0.3 is 71.5 Å². The van der Waals surface area contributed by atoms with Gasteiger partial charge in [-0.1, -0.05) is 34.9 Å². The summed E-state index contributed by atoms with van der Waals surface area (Å²) in [4.78, 5) is 58.6. The molecule has 22 heteroatoms. The number of carbonyl (C=O) groups is 4. The van der Waals surface area contributed by atoms with E-state index in [0.717, 1.165) is 31.8 Å².